The van der Waals surface area contributed by atoms with Crippen LogP contribution in [0.3, 0.4) is 0 Å². The summed E-state index contributed by atoms with van der Waals surface area (Å²) in [5.41, 5.74) is 2.64. The summed E-state index contributed by atoms with van der Waals surface area (Å²) in [5, 5.41) is 3.65. The molecule has 0 aliphatic heterocycles. The van der Waals surface area contributed by atoms with Gasteiger partial charge in [-0.1, -0.05) is 34.6 Å². The van der Waals surface area contributed by atoms with E-state index in [1.165, 1.54) is 11.3 Å². The molecule has 130 valence electrons. The van der Waals surface area contributed by atoms with Crippen LogP contribution in [0.5, 0.6) is 0 Å². The van der Waals surface area contributed by atoms with Crippen molar-refractivity contribution >= 4 is 0 Å². The van der Waals surface area contributed by atoms with Gasteiger partial charge in [-0.25, -0.2) is 9.97 Å². The fraction of sp³-hybridized carbons (Fsp3) is 0.600. The number of furan rings is 1. The minimum atomic E-state index is -0.0226. The quantitative estimate of drug-likeness (QED) is 0.903. The van der Waals surface area contributed by atoms with Gasteiger partial charge in [-0.05, 0) is 37.3 Å². The molecule has 4 nitrogen and oxygen atoms in total. The Morgan fingerprint density at radius 1 is 1.29 bits per heavy atom. The Morgan fingerprint density at radius 3 is 2.67 bits per heavy atom. The van der Waals surface area contributed by atoms with Crippen LogP contribution in [0, 0.1) is 12.3 Å². The molecule has 2 aromatic heterocycles. The zero-order valence-corrected chi connectivity index (χ0v) is 15.7. The fourth-order valence-corrected chi connectivity index (χ4v) is 3.39. The Morgan fingerprint density at radius 2 is 2.04 bits per heavy atom. The number of rotatable bonds is 3. The third-order valence-corrected chi connectivity index (χ3v) is 4.67. The predicted molar refractivity (Wildman–Crippen MR) is 95.9 cm³/mol. The summed E-state index contributed by atoms with van der Waals surface area (Å²) in [4.78, 5) is 9.56. The summed E-state index contributed by atoms with van der Waals surface area (Å²) >= 11 is 0. The molecule has 24 heavy (non-hydrogen) atoms. The highest BCUT2D eigenvalue weighted by molar-refractivity contribution is 5.28. The normalized spacial score (nSPS) is 20.0. The molecule has 0 bridgehead atoms. The largest absolute Gasteiger partial charge is 0.465 e. The van der Waals surface area contributed by atoms with E-state index in [4.69, 9.17) is 9.40 Å². The average molecular weight is 327 g/mol. The van der Waals surface area contributed by atoms with Gasteiger partial charge in [0, 0.05) is 28.9 Å². The van der Waals surface area contributed by atoms with Crippen molar-refractivity contribution in [3.63, 3.8) is 0 Å². The molecule has 0 spiro atoms. The summed E-state index contributed by atoms with van der Waals surface area (Å²) in [6.45, 7) is 13.8. The molecule has 0 saturated carbocycles. The topological polar surface area (TPSA) is 51.0 Å². The van der Waals surface area contributed by atoms with Crippen LogP contribution in [0.2, 0.25) is 0 Å². The molecule has 0 saturated heterocycles. The number of aromatic nitrogens is 2. The Labute approximate surface area is 145 Å². The highest BCUT2D eigenvalue weighted by atomic mass is 16.3. The van der Waals surface area contributed by atoms with Gasteiger partial charge in [0.2, 0.25) is 0 Å². The molecule has 2 aromatic rings. The van der Waals surface area contributed by atoms with Gasteiger partial charge >= 0.3 is 0 Å². The van der Waals surface area contributed by atoms with Crippen molar-refractivity contribution in [3.8, 4) is 0 Å². The van der Waals surface area contributed by atoms with Crippen LogP contribution in [0.25, 0.3) is 0 Å². The molecular formula is C20H29N3O. The highest BCUT2D eigenvalue weighted by Crippen LogP contribution is 2.40. The van der Waals surface area contributed by atoms with Gasteiger partial charge in [-0.15, -0.1) is 0 Å². The van der Waals surface area contributed by atoms with E-state index < -0.39 is 0 Å². The van der Waals surface area contributed by atoms with Gasteiger partial charge in [0.25, 0.3) is 0 Å². The molecule has 1 unspecified atom stereocenters. The molecule has 0 aromatic carbocycles. The third kappa shape index (κ3) is 3.69. The van der Waals surface area contributed by atoms with E-state index in [0.29, 0.717) is 0 Å². The van der Waals surface area contributed by atoms with Crippen molar-refractivity contribution in [2.75, 3.05) is 0 Å². The van der Waals surface area contributed by atoms with Crippen LogP contribution in [-0.2, 0) is 18.4 Å². The second-order valence-electron chi connectivity index (χ2n) is 8.84. The molecule has 1 aliphatic rings. The Hall–Kier alpha value is -1.68. The van der Waals surface area contributed by atoms with Crippen molar-refractivity contribution in [2.24, 2.45) is 5.41 Å². The molecule has 1 atom stereocenters. The van der Waals surface area contributed by atoms with Crippen LogP contribution in [0.15, 0.2) is 22.7 Å². The van der Waals surface area contributed by atoms with E-state index in [1.54, 1.807) is 0 Å². The lowest BCUT2D eigenvalue weighted by atomic mass is 9.74. The van der Waals surface area contributed by atoms with Gasteiger partial charge in [0.05, 0.1) is 6.54 Å². The van der Waals surface area contributed by atoms with Gasteiger partial charge < -0.3 is 9.73 Å². The van der Waals surface area contributed by atoms with Crippen molar-refractivity contribution < 1.29 is 4.42 Å². The number of nitrogens with zero attached hydrogens (tertiary/aromatic N) is 2. The van der Waals surface area contributed by atoms with Gasteiger partial charge in [0.1, 0.15) is 17.3 Å². The minimum absolute atomic E-state index is 0.0226. The van der Waals surface area contributed by atoms with Crippen molar-refractivity contribution in [2.45, 2.75) is 72.4 Å². The monoisotopic (exact) mass is 327 g/mol. The smallest absolute Gasteiger partial charge is 0.133 e. The Kier molecular flexibility index (Phi) is 4.28. The van der Waals surface area contributed by atoms with Crippen LogP contribution < -0.4 is 5.32 Å². The van der Waals surface area contributed by atoms with E-state index in [-0.39, 0.29) is 16.9 Å². The Balaban J connectivity index is 1.86. The van der Waals surface area contributed by atoms with Crippen molar-refractivity contribution in [1.82, 2.24) is 15.3 Å². The lowest BCUT2D eigenvalue weighted by Crippen LogP contribution is -2.34. The molecule has 1 aliphatic carbocycles. The van der Waals surface area contributed by atoms with E-state index in [2.05, 4.69) is 44.9 Å². The van der Waals surface area contributed by atoms with Gasteiger partial charge in [-0.2, -0.15) is 0 Å². The molecule has 0 amide bonds. The molecule has 2 heterocycles. The first-order valence-electron chi connectivity index (χ1n) is 8.79. The number of hydrogen-bond donors (Lipinski definition) is 1. The van der Waals surface area contributed by atoms with E-state index in [1.807, 2.05) is 25.3 Å². The SMILES string of the molecule is Cc1ccc(CNC2CC(C)(C)Cc3nc(C(C)(C)C)ncc32)o1. The molecule has 0 fully saturated rings. The number of fused-ring (bicyclic) bond motifs is 1. The second-order valence-corrected chi connectivity index (χ2v) is 8.84. The van der Waals surface area contributed by atoms with E-state index >= 15 is 0 Å². The standard InChI is InChI=1S/C20H29N3O/c1-13-7-8-14(24-13)11-21-16-9-20(5,6)10-17-15(16)12-22-18(23-17)19(2,3)4/h7-8,12,16,21H,9-11H2,1-6H3. The van der Waals surface area contributed by atoms with Crippen molar-refractivity contribution in [1.29, 1.82) is 0 Å². The molecule has 3 rings (SSSR count). The maximum absolute atomic E-state index is 5.68. The summed E-state index contributed by atoms with van der Waals surface area (Å²) in [7, 11) is 0. The second kappa shape index (κ2) is 5.99. The first kappa shape index (κ1) is 17.2. The summed E-state index contributed by atoms with van der Waals surface area (Å²) in [6.07, 6.45) is 4.12. The van der Waals surface area contributed by atoms with Crippen molar-refractivity contribution in [3.05, 3.63) is 46.9 Å². The maximum Gasteiger partial charge on any atom is 0.133 e. The summed E-state index contributed by atoms with van der Waals surface area (Å²) in [5.74, 6) is 2.86. The lowest BCUT2D eigenvalue weighted by Gasteiger charge is -2.37. The predicted octanol–water partition coefficient (Wildman–Crippen LogP) is 4.48. The third-order valence-electron chi connectivity index (χ3n) is 4.67. The van der Waals surface area contributed by atoms with E-state index in [9.17, 15) is 0 Å². The highest BCUT2D eigenvalue weighted by Gasteiger charge is 2.34. The van der Waals surface area contributed by atoms with Crippen LogP contribution in [-0.4, -0.2) is 9.97 Å². The van der Waals surface area contributed by atoms with Crippen LogP contribution in [0.4, 0.5) is 0 Å². The summed E-state index contributed by atoms with van der Waals surface area (Å²) < 4.78 is 5.68. The van der Waals surface area contributed by atoms with Gasteiger partial charge in [-0.3, -0.25) is 0 Å². The zero-order chi connectivity index (χ0) is 17.5. The average Bonchev–Trinajstić information content (AvgIpc) is 2.87. The first-order chi connectivity index (χ1) is 11.1. The maximum atomic E-state index is 5.68. The number of hydrogen-bond acceptors (Lipinski definition) is 4. The first-order valence-corrected chi connectivity index (χ1v) is 8.79. The molecule has 4 heteroatoms. The summed E-state index contributed by atoms with van der Waals surface area (Å²) in [6, 6.07) is 4.31. The number of nitrogens with one attached hydrogen (secondary N) is 1. The lowest BCUT2D eigenvalue weighted by molar-refractivity contribution is 0.248. The zero-order valence-electron chi connectivity index (χ0n) is 15.7. The van der Waals surface area contributed by atoms with Crippen LogP contribution in [0.1, 0.15) is 75.7 Å². The Bertz CT molecular complexity index is 725. The minimum Gasteiger partial charge on any atom is -0.465 e. The van der Waals surface area contributed by atoms with Gasteiger partial charge in [0.15, 0.2) is 0 Å². The molecule has 1 N–H and O–H groups in total. The molecular weight excluding hydrogens is 298 g/mol. The van der Waals surface area contributed by atoms with E-state index in [0.717, 1.165) is 36.7 Å². The number of aryl methyl sites for hydroxylation is 1. The fourth-order valence-electron chi connectivity index (χ4n) is 3.39. The van der Waals surface area contributed by atoms with Crippen LogP contribution >= 0.6 is 0 Å². The molecule has 0 radical (unpaired) electrons.